The summed E-state index contributed by atoms with van der Waals surface area (Å²) in [6, 6.07) is 0.414. The zero-order valence-corrected chi connectivity index (χ0v) is 13.6. The molecular formula is C16H25N5O2. The molecule has 1 saturated heterocycles. The first-order valence-electron chi connectivity index (χ1n) is 8.44. The third kappa shape index (κ3) is 4.24. The number of carbonyl (C=O) groups is 2. The van der Waals surface area contributed by atoms with Crippen LogP contribution in [0.25, 0.3) is 0 Å². The molecule has 0 bridgehead atoms. The number of carbonyl (C=O) groups excluding carboxylic acids is 2. The molecule has 1 saturated carbocycles. The average Bonchev–Trinajstić information content (AvgIpc) is 3.28. The van der Waals surface area contributed by atoms with Gasteiger partial charge in [0.05, 0.1) is 0 Å². The number of piperidine rings is 1. The molecule has 126 valence electrons. The monoisotopic (exact) mass is 319 g/mol. The SMILES string of the molecule is Cc1nccn1CCNC(=O)C1CCN(C(=O)NC2CC2)CC1. The normalized spacial score (nSPS) is 18.7. The molecule has 1 aliphatic carbocycles. The molecule has 0 unspecified atom stereocenters. The Morgan fingerprint density at radius 3 is 2.61 bits per heavy atom. The van der Waals surface area contributed by atoms with Crippen LogP contribution >= 0.6 is 0 Å². The van der Waals surface area contributed by atoms with Crippen LogP contribution in [-0.4, -0.2) is 52.1 Å². The second kappa shape index (κ2) is 7.02. The minimum absolute atomic E-state index is 0.0175. The molecule has 1 aromatic rings. The van der Waals surface area contributed by atoms with E-state index in [1.807, 2.05) is 22.6 Å². The molecule has 7 nitrogen and oxygen atoms in total. The third-order valence-corrected chi connectivity index (χ3v) is 4.63. The van der Waals surface area contributed by atoms with Crippen molar-refractivity contribution in [2.24, 2.45) is 5.92 Å². The molecule has 2 fully saturated rings. The molecule has 2 heterocycles. The highest BCUT2D eigenvalue weighted by atomic mass is 16.2. The van der Waals surface area contributed by atoms with Gasteiger partial charge in [-0.15, -0.1) is 0 Å². The fourth-order valence-corrected chi connectivity index (χ4v) is 2.92. The number of hydrogen-bond donors (Lipinski definition) is 2. The number of likely N-dealkylation sites (tertiary alicyclic amines) is 1. The van der Waals surface area contributed by atoms with Crippen molar-refractivity contribution in [3.63, 3.8) is 0 Å². The molecule has 1 aliphatic heterocycles. The fourth-order valence-electron chi connectivity index (χ4n) is 2.92. The van der Waals surface area contributed by atoms with Gasteiger partial charge in [0.25, 0.3) is 0 Å². The maximum absolute atomic E-state index is 12.2. The lowest BCUT2D eigenvalue weighted by atomic mass is 9.96. The van der Waals surface area contributed by atoms with Gasteiger partial charge in [-0.3, -0.25) is 4.79 Å². The Morgan fingerprint density at radius 2 is 2.00 bits per heavy atom. The fraction of sp³-hybridized carbons (Fsp3) is 0.688. The molecule has 0 radical (unpaired) electrons. The van der Waals surface area contributed by atoms with Crippen LogP contribution in [0.15, 0.2) is 12.4 Å². The first kappa shape index (κ1) is 15.8. The van der Waals surface area contributed by atoms with E-state index in [2.05, 4.69) is 15.6 Å². The zero-order valence-electron chi connectivity index (χ0n) is 13.6. The van der Waals surface area contributed by atoms with E-state index >= 15 is 0 Å². The van der Waals surface area contributed by atoms with Crippen LogP contribution in [0.2, 0.25) is 0 Å². The molecular weight excluding hydrogens is 294 g/mol. The van der Waals surface area contributed by atoms with Crippen LogP contribution in [0.4, 0.5) is 4.79 Å². The number of urea groups is 1. The average molecular weight is 319 g/mol. The number of amides is 3. The Labute approximate surface area is 136 Å². The van der Waals surface area contributed by atoms with Crippen LogP contribution in [0.5, 0.6) is 0 Å². The Balaban J connectivity index is 1.36. The van der Waals surface area contributed by atoms with E-state index in [1.165, 1.54) is 0 Å². The number of aromatic nitrogens is 2. The maximum Gasteiger partial charge on any atom is 0.317 e. The molecule has 7 heteroatoms. The van der Waals surface area contributed by atoms with E-state index in [-0.39, 0.29) is 17.9 Å². The Kier molecular flexibility index (Phi) is 4.83. The largest absolute Gasteiger partial charge is 0.354 e. The van der Waals surface area contributed by atoms with Crippen LogP contribution < -0.4 is 10.6 Å². The van der Waals surface area contributed by atoms with E-state index in [9.17, 15) is 9.59 Å². The molecule has 0 atom stereocenters. The summed E-state index contributed by atoms with van der Waals surface area (Å²) in [4.78, 5) is 30.2. The lowest BCUT2D eigenvalue weighted by Crippen LogP contribution is -2.47. The van der Waals surface area contributed by atoms with Crippen LogP contribution in [0.1, 0.15) is 31.5 Å². The van der Waals surface area contributed by atoms with Crippen molar-refractivity contribution in [3.05, 3.63) is 18.2 Å². The second-order valence-electron chi connectivity index (χ2n) is 6.44. The van der Waals surface area contributed by atoms with Crippen molar-refractivity contribution in [3.8, 4) is 0 Å². The summed E-state index contributed by atoms with van der Waals surface area (Å²) in [6.07, 6.45) is 7.36. The van der Waals surface area contributed by atoms with Crippen molar-refractivity contribution >= 4 is 11.9 Å². The third-order valence-electron chi connectivity index (χ3n) is 4.63. The minimum Gasteiger partial charge on any atom is -0.354 e. The summed E-state index contributed by atoms with van der Waals surface area (Å²) in [6.45, 7) is 4.62. The predicted molar refractivity (Wildman–Crippen MR) is 85.8 cm³/mol. The van der Waals surface area contributed by atoms with E-state index in [4.69, 9.17) is 0 Å². The summed E-state index contributed by atoms with van der Waals surface area (Å²) < 4.78 is 2.02. The van der Waals surface area contributed by atoms with Crippen LogP contribution in [0, 0.1) is 12.8 Å². The minimum atomic E-state index is 0.0175. The lowest BCUT2D eigenvalue weighted by Gasteiger charge is -2.31. The van der Waals surface area contributed by atoms with Gasteiger partial charge < -0.3 is 20.1 Å². The molecule has 0 spiro atoms. The molecule has 23 heavy (non-hydrogen) atoms. The molecule has 3 amide bonds. The van der Waals surface area contributed by atoms with E-state index < -0.39 is 0 Å². The number of imidazole rings is 1. The van der Waals surface area contributed by atoms with Crippen LogP contribution in [-0.2, 0) is 11.3 Å². The number of aryl methyl sites for hydroxylation is 1. The highest BCUT2D eigenvalue weighted by Gasteiger charge is 2.30. The summed E-state index contributed by atoms with van der Waals surface area (Å²) in [5.74, 6) is 1.07. The van der Waals surface area contributed by atoms with Gasteiger partial charge in [-0.25, -0.2) is 9.78 Å². The number of nitrogens with one attached hydrogen (secondary N) is 2. The summed E-state index contributed by atoms with van der Waals surface area (Å²) >= 11 is 0. The van der Waals surface area contributed by atoms with Gasteiger partial charge >= 0.3 is 6.03 Å². The van der Waals surface area contributed by atoms with Gasteiger partial charge in [-0.1, -0.05) is 0 Å². The molecule has 0 aromatic carbocycles. The van der Waals surface area contributed by atoms with Gasteiger partial charge in [-0.2, -0.15) is 0 Å². The van der Waals surface area contributed by atoms with Crippen molar-refractivity contribution in [1.29, 1.82) is 0 Å². The Bertz CT molecular complexity index is 559. The van der Waals surface area contributed by atoms with E-state index in [0.717, 1.165) is 38.1 Å². The van der Waals surface area contributed by atoms with Crippen molar-refractivity contribution in [2.75, 3.05) is 19.6 Å². The van der Waals surface area contributed by atoms with Crippen molar-refractivity contribution < 1.29 is 9.59 Å². The molecule has 3 rings (SSSR count). The Morgan fingerprint density at radius 1 is 1.26 bits per heavy atom. The zero-order chi connectivity index (χ0) is 16.2. The highest BCUT2D eigenvalue weighted by Crippen LogP contribution is 2.21. The smallest absolute Gasteiger partial charge is 0.317 e. The first-order valence-corrected chi connectivity index (χ1v) is 8.44. The summed E-state index contributed by atoms with van der Waals surface area (Å²) in [7, 11) is 0. The van der Waals surface area contributed by atoms with Crippen molar-refractivity contribution in [2.45, 2.75) is 45.2 Å². The Hall–Kier alpha value is -2.05. The maximum atomic E-state index is 12.2. The standard InChI is InChI=1S/C16H25N5O2/c1-12-17-6-10-20(12)11-7-18-15(22)13-4-8-21(9-5-13)16(23)19-14-2-3-14/h6,10,13-14H,2-5,7-9,11H2,1H3,(H,18,22)(H,19,23). The van der Waals surface area contributed by atoms with E-state index in [0.29, 0.717) is 25.7 Å². The van der Waals surface area contributed by atoms with Gasteiger partial charge in [-0.05, 0) is 32.6 Å². The second-order valence-corrected chi connectivity index (χ2v) is 6.44. The molecule has 1 aromatic heterocycles. The molecule has 2 aliphatic rings. The van der Waals surface area contributed by atoms with Gasteiger partial charge in [0.1, 0.15) is 5.82 Å². The number of rotatable bonds is 5. The summed E-state index contributed by atoms with van der Waals surface area (Å²) in [5.41, 5.74) is 0. The van der Waals surface area contributed by atoms with Gasteiger partial charge in [0.2, 0.25) is 5.91 Å². The summed E-state index contributed by atoms with van der Waals surface area (Å²) in [5, 5.41) is 6.00. The van der Waals surface area contributed by atoms with E-state index in [1.54, 1.807) is 6.20 Å². The number of hydrogen-bond acceptors (Lipinski definition) is 3. The topological polar surface area (TPSA) is 79.3 Å². The van der Waals surface area contributed by atoms with Gasteiger partial charge in [0, 0.05) is 50.5 Å². The molecule has 2 N–H and O–H groups in total. The predicted octanol–water partition coefficient (Wildman–Crippen LogP) is 0.892. The number of nitrogens with zero attached hydrogens (tertiary/aromatic N) is 3. The quantitative estimate of drug-likeness (QED) is 0.846. The lowest BCUT2D eigenvalue weighted by molar-refractivity contribution is -0.126. The first-order chi connectivity index (χ1) is 11.1. The highest BCUT2D eigenvalue weighted by molar-refractivity contribution is 5.79. The van der Waals surface area contributed by atoms with Crippen LogP contribution in [0.3, 0.4) is 0 Å². The van der Waals surface area contributed by atoms with Gasteiger partial charge in [0.15, 0.2) is 0 Å². The van der Waals surface area contributed by atoms with Crippen molar-refractivity contribution in [1.82, 2.24) is 25.1 Å².